The molecule has 0 unspecified atom stereocenters. The summed E-state index contributed by atoms with van der Waals surface area (Å²) in [6, 6.07) is 13.6. The van der Waals surface area contributed by atoms with Crippen molar-refractivity contribution in [2.75, 3.05) is 46.4 Å². The van der Waals surface area contributed by atoms with E-state index in [0.29, 0.717) is 43.8 Å². The zero-order valence-electron chi connectivity index (χ0n) is 17.0. The molecule has 7 heteroatoms. The van der Waals surface area contributed by atoms with Crippen molar-refractivity contribution in [2.24, 2.45) is 4.99 Å². The summed E-state index contributed by atoms with van der Waals surface area (Å²) in [5.41, 5.74) is 1.97. The van der Waals surface area contributed by atoms with Gasteiger partial charge in [-0.2, -0.15) is 0 Å². The summed E-state index contributed by atoms with van der Waals surface area (Å²) >= 11 is 0. The quantitative estimate of drug-likeness (QED) is 0.370. The van der Waals surface area contributed by atoms with E-state index in [1.54, 1.807) is 21.3 Å². The molecule has 0 aliphatic carbocycles. The number of benzene rings is 2. The van der Waals surface area contributed by atoms with Gasteiger partial charge in [-0.05, 0) is 36.8 Å². The van der Waals surface area contributed by atoms with Crippen LogP contribution in [0.25, 0.3) is 0 Å². The zero-order valence-corrected chi connectivity index (χ0v) is 17.0. The first-order valence-corrected chi connectivity index (χ1v) is 9.19. The molecule has 2 rings (SSSR count). The zero-order chi connectivity index (χ0) is 20.2. The molecule has 2 aromatic carbocycles. The molecule has 0 aliphatic heterocycles. The Morgan fingerprint density at radius 2 is 1.75 bits per heavy atom. The SMILES string of the molecule is CCOc1ccc(NC(=NC)NCc2ccc(OCCOC)cc2)cc1OC. The molecule has 0 heterocycles. The lowest BCUT2D eigenvalue weighted by Gasteiger charge is -2.15. The van der Waals surface area contributed by atoms with E-state index in [-0.39, 0.29) is 0 Å². The number of methoxy groups -OCH3 is 2. The van der Waals surface area contributed by atoms with Crippen molar-refractivity contribution in [1.29, 1.82) is 0 Å². The van der Waals surface area contributed by atoms with Crippen molar-refractivity contribution < 1.29 is 18.9 Å². The molecule has 0 amide bonds. The van der Waals surface area contributed by atoms with Crippen LogP contribution in [-0.2, 0) is 11.3 Å². The third-order valence-corrected chi connectivity index (χ3v) is 3.89. The summed E-state index contributed by atoms with van der Waals surface area (Å²) in [6.45, 7) is 4.27. The van der Waals surface area contributed by atoms with Gasteiger partial charge >= 0.3 is 0 Å². The Labute approximate surface area is 166 Å². The van der Waals surface area contributed by atoms with Gasteiger partial charge in [0.15, 0.2) is 17.5 Å². The lowest BCUT2D eigenvalue weighted by Crippen LogP contribution is -2.30. The van der Waals surface area contributed by atoms with Crippen LogP contribution in [0, 0.1) is 0 Å². The molecular weight excluding hydrogens is 358 g/mol. The number of ether oxygens (including phenoxy) is 4. The molecule has 7 nitrogen and oxygen atoms in total. The second-order valence-electron chi connectivity index (χ2n) is 5.83. The van der Waals surface area contributed by atoms with Crippen LogP contribution in [0.1, 0.15) is 12.5 Å². The predicted octanol–water partition coefficient (Wildman–Crippen LogP) is 3.31. The summed E-state index contributed by atoms with van der Waals surface area (Å²) in [7, 11) is 5.01. The van der Waals surface area contributed by atoms with Gasteiger partial charge in [-0.25, -0.2) is 0 Å². The van der Waals surface area contributed by atoms with Crippen LogP contribution in [0.15, 0.2) is 47.5 Å². The maximum absolute atomic E-state index is 5.57. The van der Waals surface area contributed by atoms with E-state index in [4.69, 9.17) is 18.9 Å². The van der Waals surface area contributed by atoms with Gasteiger partial charge in [0, 0.05) is 32.5 Å². The maximum Gasteiger partial charge on any atom is 0.195 e. The number of aliphatic imine (C=N–C) groups is 1. The van der Waals surface area contributed by atoms with Gasteiger partial charge in [-0.3, -0.25) is 4.99 Å². The highest BCUT2D eigenvalue weighted by Crippen LogP contribution is 2.30. The molecule has 0 aromatic heterocycles. The number of hydrogen-bond acceptors (Lipinski definition) is 5. The first kappa shape index (κ1) is 21.4. The maximum atomic E-state index is 5.57. The molecule has 0 atom stereocenters. The standard InChI is InChI=1S/C21H29N3O4/c1-5-27-19-11-8-17(14-20(19)26-4)24-21(22-2)23-15-16-6-9-18(10-7-16)28-13-12-25-3/h6-11,14H,5,12-13,15H2,1-4H3,(H2,22,23,24). The molecule has 152 valence electrons. The van der Waals surface area contributed by atoms with Crippen LogP contribution in [0.4, 0.5) is 5.69 Å². The van der Waals surface area contributed by atoms with Gasteiger partial charge in [0.05, 0.1) is 20.3 Å². The van der Waals surface area contributed by atoms with E-state index in [1.165, 1.54) is 0 Å². The van der Waals surface area contributed by atoms with Crippen LogP contribution < -0.4 is 24.8 Å². The Morgan fingerprint density at radius 3 is 2.39 bits per heavy atom. The Bertz CT molecular complexity index is 748. The summed E-state index contributed by atoms with van der Waals surface area (Å²) in [6.07, 6.45) is 0. The van der Waals surface area contributed by atoms with E-state index in [1.807, 2.05) is 49.4 Å². The Balaban J connectivity index is 1.90. The van der Waals surface area contributed by atoms with E-state index in [9.17, 15) is 0 Å². The van der Waals surface area contributed by atoms with Gasteiger partial charge in [-0.1, -0.05) is 12.1 Å². The normalized spacial score (nSPS) is 11.1. The van der Waals surface area contributed by atoms with Gasteiger partial charge in [0.2, 0.25) is 0 Å². The Kier molecular flexibility index (Phi) is 8.94. The average Bonchev–Trinajstić information content (AvgIpc) is 2.73. The monoisotopic (exact) mass is 387 g/mol. The Hall–Kier alpha value is -2.93. The molecule has 0 aliphatic rings. The summed E-state index contributed by atoms with van der Waals surface area (Å²) in [5.74, 6) is 2.87. The molecular formula is C21H29N3O4. The smallest absolute Gasteiger partial charge is 0.195 e. The molecule has 28 heavy (non-hydrogen) atoms. The fourth-order valence-corrected chi connectivity index (χ4v) is 2.47. The summed E-state index contributed by atoms with van der Waals surface area (Å²) in [4.78, 5) is 4.26. The molecule has 0 bridgehead atoms. The minimum atomic E-state index is 0.538. The van der Waals surface area contributed by atoms with E-state index in [2.05, 4.69) is 15.6 Å². The van der Waals surface area contributed by atoms with Crippen molar-refractivity contribution >= 4 is 11.6 Å². The molecule has 2 aromatic rings. The lowest BCUT2D eigenvalue weighted by atomic mass is 10.2. The van der Waals surface area contributed by atoms with Crippen LogP contribution in [-0.4, -0.2) is 47.0 Å². The molecule has 0 radical (unpaired) electrons. The first-order valence-electron chi connectivity index (χ1n) is 9.19. The number of anilines is 1. The largest absolute Gasteiger partial charge is 0.493 e. The molecule has 0 saturated carbocycles. The second-order valence-corrected chi connectivity index (χ2v) is 5.83. The predicted molar refractivity (Wildman–Crippen MR) is 112 cm³/mol. The van der Waals surface area contributed by atoms with E-state index in [0.717, 1.165) is 17.0 Å². The van der Waals surface area contributed by atoms with Gasteiger partial charge in [-0.15, -0.1) is 0 Å². The van der Waals surface area contributed by atoms with E-state index >= 15 is 0 Å². The van der Waals surface area contributed by atoms with E-state index < -0.39 is 0 Å². The Morgan fingerprint density at radius 1 is 0.964 bits per heavy atom. The van der Waals surface area contributed by atoms with Gasteiger partial charge in [0.25, 0.3) is 0 Å². The number of nitrogens with zero attached hydrogens (tertiary/aromatic N) is 1. The fourth-order valence-electron chi connectivity index (χ4n) is 2.47. The third kappa shape index (κ3) is 6.66. The van der Waals surface area contributed by atoms with Crippen LogP contribution in [0.2, 0.25) is 0 Å². The highest BCUT2D eigenvalue weighted by atomic mass is 16.5. The lowest BCUT2D eigenvalue weighted by molar-refractivity contribution is 0.146. The van der Waals surface area contributed by atoms with Crippen LogP contribution in [0.3, 0.4) is 0 Å². The molecule has 0 saturated heterocycles. The topological polar surface area (TPSA) is 73.3 Å². The second kappa shape index (κ2) is 11.7. The van der Waals surface area contributed by atoms with Crippen molar-refractivity contribution in [3.63, 3.8) is 0 Å². The molecule has 0 fully saturated rings. The van der Waals surface area contributed by atoms with Crippen molar-refractivity contribution in [3.8, 4) is 17.2 Å². The minimum absolute atomic E-state index is 0.538. The first-order chi connectivity index (χ1) is 13.7. The molecule has 0 spiro atoms. The third-order valence-electron chi connectivity index (χ3n) is 3.89. The van der Waals surface area contributed by atoms with Gasteiger partial charge in [0.1, 0.15) is 12.4 Å². The number of guanidine groups is 1. The van der Waals surface area contributed by atoms with Crippen molar-refractivity contribution in [2.45, 2.75) is 13.5 Å². The average molecular weight is 387 g/mol. The van der Waals surface area contributed by atoms with Crippen molar-refractivity contribution in [1.82, 2.24) is 5.32 Å². The number of rotatable bonds is 10. The molecule has 2 N–H and O–H groups in total. The van der Waals surface area contributed by atoms with Gasteiger partial charge < -0.3 is 29.6 Å². The summed E-state index contributed by atoms with van der Waals surface area (Å²) in [5, 5.41) is 6.54. The van der Waals surface area contributed by atoms with Crippen LogP contribution in [0.5, 0.6) is 17.2 Å². The fraction of sp³-hybridized carbons (Fsp3) is 0.381. The number of hydrogen-bond donors (Lipinski definition) is 2. The minimum Gasteiger partial charge on any atom is -0.493 e. The highest BCUT2D eigenvalue weighted by Gasteiger charge is 2.07. The van der Waals surface area contributed by atoms with Crippen LogP contribution >= 0.6 is 0 Å². The summed E-state index contributed by atoms with van der Waals surface area (Å²) < 4.78 is 21.5. The number of nitrogens with one attached hydrogen (secondary N) is 2. The highest BCUT2D eigenvalue weighted by molar-refractivity contribution is 5.93. The van der Waals surface area contributed by atoms with Crippen molar-refractivity contribution in [3.05, 3.63) is 48.0 Å².